The van der Waals surface area contributed by atoms with E-state index in [2.05, 4.69) is 41.3 Å². The lowest BCUT2D eigenvalue weighted by atomic mass is 10.1. The minimum absolute atomic E-state index is 0.351. The van der Waals surface area contributed by atoms with Crippen molar-refractivity contribution < 1.29 is 0 Å². The fourth-order valence-electron chi connectivity index (χ4n) is 2.48. The summed E-state index contributed by atoms with van der Waals surface area (Å²) in [7, 11) is 2.21. The van der Waals surface area contributed by atoms with Gasteiger partial charge in [0.05, 0.1) is 5.69 Å². The van der Waals surface area contributed by atoms with Crippen molar-refractivity contribution in [1.29, 1.82) is 0 Å². The molecule has 1 aliphatic rings. The lowest BCUT2D eigenvalue weighted by Crippen LogP contribution is -2.32. The van der Waals surface area contributed by atoms with Gasteiger partial charge in [-0.3, -0.25) is 4.98 Å². The smallest absolute Gasteiger partial charge is 0.0570 e. The van der Waals surface area contributed by atoms with Gasteiger partial charge >= 0.3 is 0 Å². The molecule has 1 aromatic heterocycles. The zero-order chi connectivity index (χ0) is 12.1. The topological polar surface area (TPSA) is 28.2 Å². The van der Waals surface area contributed by atoms with Gasteiger partial charge in [-0.2, -0.15) is 0 Å². The maximum Gasteiger partial charge on any atom is 0.0570 e. The summed E-state index contributed by atoms with van der Waals surface area (Å²) >= 11 is 0. The van der Waals surface area contributed by atoms with Crippen LogP contribution in [0, 0.1) is 0 Å². The Morgan fingerprint density at radius 3 is 3.00 bits per heavy atom. The van der Waals surface area contributed by atoms with E-state index in [1.807, 2.05) is 12.3 Å². The minimum atomic E-state index is 0.351. The van der Waals surface area contributed by atoms with Crippen molar-refractivity contribution in [2.24, 2.45) is 0 Å². The highest BCUT2D eigenvalue weighted by Crippen LogP contribution is 2.15. The Hall–Kier alpha value is -0.930. The lowest BCUT2D eigenvalue weighted by molar-refractivity contribution is 0.340. The van der Waals surface area contributed by atoms with Crippen molar-refractivity contribution >= 4 is 0 Å². The summed E-state index contributed by atoms with van der Waals surface area (Å²) in [5.41, 5.74) is 1.14. The zero-order valence-corrected chi connectivity index (χ0v) is 10.9. The highest BCUT2D eigenvalue weighted by atomic mass is 15.1. The summed E-state index contributed by atoms with van der Waals surface area (Å²) in [5, 5.41) is 3.71. The Bertz CT molecular complexity index is 325. The normalized spacial score (nSPS) is 24.2. The molecule has 1 N–H and O–H groups in total. The molecular formula is C14H23N3. The molecule has 0 aliphatic carbocycles. The predicted molar refractivity (Wildman–Crippen MR) is 70.9 cm³/mol. The van der Waals surface area contributed by atoms with E-state index >= 15 is 0 Å². The van der Waals surface area contributed by atoms with Gasteiger partial charge in [0.15, 0.2) is 0 Å². The third kappa shape index (κ3) is 3.79. The van der Waals surface area contributed by atoms with Gasteiger partial charge in [0.2, 0.25) is 0 Å². The molecule has 0 bridgehead atoms. The zero-order valence-electron chi connectivity index (χ0n) is 10.9. The highest BCUT2D eigenvalue weighted by Gasteiger charge is 2.17. The first kappa shape index (κ1) is 12.5. The molecule has 0 amide bonds. The Morgan fingerprint density at radius 2 is 2.24 bits per heavy atom. The average molecular weight is 233 g/mol. The molecule has 1 aliphatic heterocycles. The summed E-state index contributed by atoms with van der Waals surface area (Å²) in [6, 6.07) is 7.11. The van der Waals surface area contributed by atoms with Crippen molar-refractivity contribution in [3.8, 4) is 0 Å². The van der Waals surface area contributed by atoms with Crippen LogP contribution in [0.3, 0.4) is 0 Å². The van der Waals surface area contributed by atoms with Crippen molar-refractivity contribution in [2.75, 3.05) is 20.1 Å². The second kappa shape index (κ2) is 6.12. The first-order valence-corrected chi connectivity index (χ1v) is 6.61. The van der Waals surface area contributed by atoms with Gasteiger partial charge in [-0.1, -0.05) is 6.07 Å². The molecule has 2 rings (SSSR count). The van der Waals surface area contributed by atoms with Crippen LogP contribution in [0.15, 0.2) is 24.4 Å². The molecule has 94 valence electrons. The van der Waals surface area contributed by atoms with Crippen LogP contribution in [-0.2, 0) is 0 Å². The van der Waals surface area contributed by atoms with Gasteiger partial charge in [0, 0.05) is 18.3 Å². The number of likely N-dealkylation sites (tertiary alicyclic amines) is 1. The van der Waals surface area contributed by atoms with Gasteiger partial charge in [-0.25, -0.2) is 0 Å². The molecular weight excluding hydrogens is 210 g/mol. The fourth-order valence-corrected chi connectivity index (χ4v) is 2.48. The first-order valence-electron chi connectivity index (χ1n) is 6.61. The molecule has 2 heterocycles. The number of hydrogen-bond acceptors (Lipinski definition) is 3. The maximum atomic E-state index is 4.41. The van der Waals surface area contributed by atoms with E-state index in [4.69, 9.17) is 0 Å². The molecule has 0 radical (unpaired) electrons. The van der Waals surface area contributed by atoms with Crippen molar-refractivity contribution in [2.45, 2.75) is 38.3 Å². The second-order valence-corrected chi connectivity index (χ2v) is 5.07. The number of aromatic nitrogens is 1. The van der Waals surface area contributed by atoms with Crippen molar-refractivity contribution in [1.82, 2.24) is 15.2 Å². The molecule has 1 aromatic rings. The van der Waals surface area contributed by atoms with Crippen LogP contribution in [-0.4, -0.2) is 36.1 Å². The van der Waals surface area contributed by atoms with E-state index in [1.165, 1.54) is 32.4 Å². The van der Waals surface area contributed by atoms with Crippen molar-refractivity contribution in [3.63, 3.8) is 0 Å². The van der Waals surface area contributed by atoms with Crippen LogP contribution in [0.5, 0.6) is 0 Å². The SMILES string of the molecule is CC(NC1CCCN(C)CC1)c1ccccn1. The third-order valence-electron chi connectivity index (χ3n) is 3.57. The standard InChI is InChI=1S/C14H23N3/c1-12(14-7-3-4-9-15-14)16-13-6-5-10-17(2)11-8-13/h3-4,7,9,12-13,16H,5-6,8,10-11H2,1-2H3. The number of rotatable bonds is 3. The molecule has 0 saturated carbocycles. The molecule has 3 heteroatoms. The van der Waals surface area contributed by atoms with Gasteiger partial charge in [0.1, 0.15) is 0 Å². The van der Waals surface area contributed by atoms with Gasteiger partial charge in [0.25, 0.3) is 0 Å². The monoisotopic (exact) mass is 233 g/mol. The molecule has 3 nitrogen and oxygen atoms in total. The predicted octanol–water partition coefficient (Wildman–Crippen LogP) is 2.22. The average Bonchev–Trinajstić information content (AvgIpc) is 2.56. The largest absolute Gasteiger partial charge is 0.306 e. The van der Waals surface area contributed by atoms with Crippen LogP contribution in [0.1, 0.15) is 37.9 Å². The van der Waals surface area contributed by atoms with Crippen LogP contribution in [0.2, 0.25) is 0 Å². The van der Waals surface area contributed by atoms with Crippen molar-refractivity contribution in [3.05, 3.63) is 30.1 Å². The minimum Gasteiger partial charge on any atom is -0.306 e. The van der Waals surface area contributed by atoms with Gasteiger partial charge in [-0.05, 0) is 58.5 Å². The number of pyridine rings is 1. The molecule has 0 aromatic carbocycles. The Morgan fingerprint density at radius 1 is 1.35 bits per heavy atom. The summed E-state index contributed by atoms with van der Waals surface area (Å²) in [6.07, 6.45) is 5.69. The molecule has 2 atom stereocenters. The summed E-state index contributed by atoms with van der Waals surface area (Å²) in [6.45, 7) is 4.64. The van der Waals surface area contributed by atoms with E-state index in [0.29, 0.717) is 12.1 Å². The first-order chi connectivity index (χ1) is 8.25. The summed E-state index contributed by atoms with van der Waals surface area (Å²) < 4.78 is 0. The summed E-state index contributed by atoms with van der Waals surface area (Å²) in [4.78, 5) is 6.83. The third-order valence-corrected chi connectivity index (χ3v) is 3.57. The number of nitrogens with zero attached hydrogens (tertiary/aromatic N) is 2. The Labute approximate surface area is 104 Å². The van der Waals surface area contributed by atoms with E-state index in [1.54, 1.807) is 0 Å². The van der Waals surface area contributed by atoms with Crippen LogP contribution >= 0.6 is 0 Å². The Kier molecular flexibility index (Phi) is 4.51. The molecule has 1 fully saturated rings. The Balaban J connectivity index is 1.88. The summed E-state index contributed by atoms with van der Waals surface area (Å²) in [5.74, 6) is 0. The quantitative estimate of drug-likeness (QED) is 0.867. The number of hydrogen-bond donors (Lipinski definition) is 1. The van der Waals surface area contributed by atoms with E-state index in [-0.39, 0.29) is 0 Å². The van der Waals surface area contributed by atoms with Gasteiger partial charge < -0.3 is 10.2 Å². The second-order valence-electron chi connectivity index (χ2n) is 5.07. The van der Waals surface area contributed by atoms with Crippen LogP contribution in [0.4, 0.5) is 0 Å². The lowest BCUT2D eigenvalue weighted by Gasteiger charge is -2.21. The van der Waals surface area contributed by atoms with E-state index in [0.717, 1.165) is 5.69 Å². The highest BCUT2D eigenvalue weighted by molar-refractivity contribution is 5.07. The molecule has 1 saturated heterocycles. The molecule has 2 unspecified atom stereocenters. The van der Waals surface area contributed by atoms with Crippen LogP contribution < -0.4 is 5.32 Å². The van der Waals surface area contributed by atoms with Gasteiger partial charge in [-0.15, -0.1) is 0 Å². The van der Waals surface area contributed by atoms with E-state index in [9.17, 15) is 0 Å². The molecule has 0 spiro atoms. The van der Waals surface area contributed by atoms with E-state index < -0.39 is 0 Å². The molecule has 17 heavy (non-hydrogen) atoms. The van der Waals surface area contributed by atoms with Crippen LogP contribution in [0.25, 0.3) is 0 Å². The fraction of sp³-hybridized carbons (Fsp3) is 0.643. The maximum absolute atomic E-state index is 4.41. The number of nitrogens with one attached hydrogen (secondary N) is 1.